The van der Waals surface area contributed by atoms with Crippen LogP contribution in [0.4, 0.5) is 17.1 Å². The van der Waals surface area contributed by atoms with Crippen LogP contribution in [0.5, 0.6) is 0 Å². The quantitative estimate of drug-likeness (QED) is 0.166. The molecule has 0 heterocycles. The molecule has 0 aliphatic carbocycles. The Kier molecular flexibility index (Phi) is 8.74. The van der Waals surface area contributed by atoms with Crippen molar-refractivity contribution in [3.63, 3.8) is 0 Å². The molecule has 0 radical (unpaired) electrons. The van der Waals surface area contributed by atoms with Crippen molar-refractivity contribution >= 4 is 74.7 Å². The van der Waals surface area contributed by atoms with Crippen LogP contribution in [-0.4, -0.2) is 16.3 Å². The third-order valence-electron chi connectivity index (χ3n) is 4.45. The van der Waals surface area contributed by atoms with Crippen LogP contribution in [-0.2, 0) is 4.79 Å². The fraction of sp³-hybridized carbons (Fsp3) is 0.167. The van der Waals surface area contributed by atoms with E-state index in [0.717, 1.165) is 31.9 Å². The number of thioether (sulfide) groups is 1. The Labute approximate surface area is 206 Å². The minimum Gasteiger partial charge on any atom is -0.332 e. The molecule has 7 heteroatoms. The van der Waals surface area contributed by atoms with Gasteiger partial charge in [0.2, 0.25) is 5.91 Å². The lowest BCUT2D eigenvalue weighted by atomic mass is 10.2. The number of nitrogens with one attached hydrogen (secondary N) is 3. The molecule has 0 fully saturated rings. The molecule has 3 N–H and O–H groups in total. The molecular weight excluding hydrogens is 537 g/mol. The number of amides is 1. The minimum atomic E-state index is -0.188. The lowest BCUT2D eigenvalue weighted by Crippen LogP contribution is -2.24. The Morgan fingerprint density at radius 3 is 2.23 bits per heavy atom. The number of benzene rings is 3. The predicted octanol–water partition coefficient (Wildman–Crippen LogP) is 6.92. The molecule has 0 bridgehead atoms. The Morgan fingerprint density at radius 1 is 0.935 bits per heavy atom. The molecule has 0 aliphatic rings. The summed E-state index contributed by atoms with van der Waals surface area (Å²) >= 11 is 9.23. The van der Waals surface area contributed by atoms with Gasteiger partial charge in [-0.05, 0) is 103 Å². The first-order valence-electron chi connectivity index (χ1n) is 9.91. The van der Waals surface area contributed by atoms with E-state index in [1.165, 1.54) is 5.56 Å². The molecule has 0 spiro atoms. The molecule has 3 aromatic carbocycles. The molecule has 0 saturated heterocycles. The highest BCUT2D eigenvalue weighted by Gasteiger charge is 2.18. The summed E-state index contributed by atoms with van der Waals surface area (Å²) in [5, 5.41) is 9.75. The van der Waals surface area contributed by atoms with Crippen LogP contribution in [0.25, 0.3) is 0 Å². The van der Waals surface area contributed by atoms with Crippen molar-refractivity contribution in [1.29, 1.82) is 0 Å². The van der Waals surface area contributed by atoms with Crippen LogP contribution in [0.1, 0.15) is 18.9 Å². The molecule has 3 aromatic rings. The van der Waals surface area contributed by atoms with E-state index in [4.69, 9.17) is 12.2 Å². The van der Waals surface area contributed by atoms with Gasteiger partial charge in [-0.15, -0.1) is 11.8 Å². The Hall–Kier alpha value is -2.10. The zero-order valence-electron chi connectivity index (χ0n) is 17.3. The number of anilines is 3. The van der Waals surface area contributed by atoms with Crippen LogP contribution >= 0.6 is 46.6 Å². The van der Waals surface area contributed by atoms with Crippen molar-refractivity contribution in [3.8, 4) is 0 Å². The van der Waals surface area contributed by atoms with Gasteiger partial charge in [0.15, 0.2) is 5.11 Å². The fourth-order valence-electron chi connectivity index (χ4n) is 2.82. The summed E-state index contributed by atoms with van der Waals surface area (Å²) in [5.41, 5.74) is 3.83. The summed E-state index contributed by atoms with van der Waals surface area (Å²) in [6.45, 7) is 4.07. The molecule has 160 valence electrons. The van der Waals surface area contributed by atoms with E-state index in [2.05, 4.69) is 38.5 Å². The topological polar surface area (TPSA) is 53.2 Å². The predicted molar refractivity (Wildman–Crippen MR) is 145 cm³/mol. The largest absolute Gasteiger partial charge is 0.332 e. The summed E-state index contributed by atoms with van der Waals surface area (Å²) in [6.07, 6.45) is 0.728. The standard InChI is InChI=1S/C24H24IN3OS2/c1-3-22(23(29)26-18-13-9-17(25)10-14-18)31-21-6-4-5-20(15-21)28-24(30)27-19-11-7-16(2)8-12-19/h4-15,22H,3H2,1-2H3,(H,26,29)(H2,27,28,30). The van der Waals surface area contributed by atoms with Gasteiger partial charge >= 0.3 is 0 Å². The summed E-state index contributed by atoms with van der Waals surface area (Å²) in [7, 11) is 0. The normalized spacial score (nSPS) is 11.5. The van der Waals surface area contributed by atoms with E-state index in [1.807, 2.05) is 86.6 Å². The lowest BCUT2D eigenvalue weighted by Gasteiger charge is -2.16. The van der Waals surface area contributed by atoms with E-state index >= 15 is 0 Å². The van der Waals surface area contributed by atoms with Gasteiger partial charge in [-0.3, -0.25) is 4.79 Å². The van der Waals surface area contributed by atoms with Gasteiger partial charge in [0, 0.05) is 25.5 Å². The van der Waals surface area contributed by atoms with Gasteiger partial charge in [-0.2, -0.15) is 0 Å². The number of rotatable bonds is 7. The first-order valence-corrected chi connectivity index (χ1v) is 12.3. The average Bonchev–Trinajstić information content (AvgIpc) is 2.75. The van der Waals surface area contributed by atoms with E-state index in [0.29, 0.717) is 5.11 Å². The van der Waals surface area contributed by atoms with Crippen molar-refractivity contribution in [2.75, 3.05) is 16.0 Å². The van der Waals surface area contributed by atoms with Gasteiger partial charge < -0.3 is 16.0 Å². The van der Waals surface area contributed by atoms with Crippen molar-refractivity contribution < 1.29 is 4.79 Å². The molecule has 1 atom stereocenters. The van der Waals surface area contributed by atoms with E-state index in [9.17, 15) is 4.79 Å². The highest BCUT2D eigenvalue weighted by molar-refractivity contribution is 14.1. The van der Waals surface area contributed by atoms with Crippen LogP contribution in [0.2, 0.25) is 0 Å². The minimum absolute atomic E-state index is 0.00336. The molecule has 1 amide bonds. The second kappa shape index (κ2) is 11.5. The van der Waals surface area contributed by atoms with Crippen molar-refractivity contribution in [2.45, 2.75) is 30.4 Å². The monoisotopic (exact) mass is 561 g/mol. The molecule has 0 saturated carbocycles. The number of aryl methyl sites for hydroxylation is 1. The zero-order valence-corrected chi connectivity index (χ0v) is 21.1. The van der Waals surface area contributed by atoms with Gasteiger partial charge in [-0.1, -0.05) is 30.7 Å². The maximum absolute atomic E-state index is 12.7. The van der Waals surface area contributed by atoms with E-state index in [-0.39, 0.29) is 11.2 Å². The van der Waals surface area contributed by atoms with Gasteiger partial charge in [0.05, 0.1) is 5.25 Å². The number of hydrogen-bond acceptors (Lipinski definition) is 3. The average molecular weight is 562 g/mol. The summed E-state index contributed by atoms with van der Waals surface area (Å²) in [6, 6.07) is 23.8. The lowest BCUT2D eigenvalue weighted by molar-refractivity contribution is -0.115. The van der Waals surface area contributed by atoms with Crippen LogP contribution < -0.4 is 16.0 Å². The second-order valence-corrected chi connectivity index (χ2v) is 9.91. The first kappa shape index (κ1) is 23.6. The fourth-order valence-corrected chi connectivity index (χ4v) is 4.43. The van der Waals surface area contributed by atoms with Crippen LogP contribution in [0.15, 0.2) is 77.7 Å². The molecule has 0 aromatic heterocycles. The van der Waals surface area contributed by atoms with E-state index < -0.39 is 0 Å². The smallest absolute Gasteiger partial charge is 0.237 e. The third kappa shape index (κ3) is 7.52. The third-order valence-corrected chi connectivity index (χ3v) is 6.74. The maximum Gasteiger partial charge on any atom is 0.237 e. The number of hydrogen-bond donors (Lipinski definition) is 3. The van der Waals surface area contributed by atoms with Crippen molar-refractivity contribution in [1.82, 2.24) is 0 Å². The number of thiocarbonyl (C=S) groups is 1. The van der Waals surface area contributed by atoms with E-state index in [1.54, 1.807) is 11.8 Å². The van der Waals surface area contributed by atoms with Gasteiger partial charge in [-0.25, -0.2) is 0 Å². The molecule has 4 nitrogen and oxygen atoms in total. The Morgan fingerprint density at radius 2 is 1.55 bits per heavy atom. The highest BCUT2D eigenvalue weighted by Crippen LogP contribution is 2.28. The summed E-state index contributed by atoms with van der Waals surface area (Å²) in [5.74, 6) is 0.00336. The zero-order chi connectivity index (χ0) is 22.2. The van der Waals surface area contributed by atoms with Crippen LogP contribution in [0.3, 0.4) is 0 Å². The van der Waals surface area contributed by atoms with Crippen molar-refractivity contribution in [2.24, 2.45) is 0 Å². The number of carbonyl (C=O) groups excluding carboxylic acids is 1. The summed E-state index contributed by atoms with van der Waals surface area (Å²) in [4.78, 5) is 13.7. The number of halogens is 1. The summed E-state index contributed by atoms with van der Waals surface area (Å²) < 4.78 is 1.14. The Bertz CT molecular complexity index is 1040. The number of carbonyl (C=O) groups is 1. The van der Waals surface area contributed by atoms with Gasteiger partial charge in [0.1, 0.15) is 0 Å². The second-order valence-electron chi connectivity index (χ2n) is 6.98. The maximum atomic E-state index is 12.7. The Balaban J connectivity index is 1.60. The molecule has 1 unspecified atom stereocenters. The molecule has 31 heavy (non-hydrogen) atoms. The first-order chi connectivity index (χ1) is 14.9. The van der Waals surface area contributed by atoms with Crippen LogP contribution in [0, 0.1) is 10.5 Å². The molecule has 3 rings (SSSR count). The molecular formula is C24H24IN3OS2. The van der Waals surface area contributed by atoms with Gasteiger partial charge in [0.25, 0.3) is 0 Å². The highest BCUT2D eigenvalue weighted by atomic mass is 127. The SMILES string of the molecule is CCC(Sc1cccc(NC(=S)Nc2ccc(C)cc2)c1)C(=O)Nc1ccc(I)cc1. The van der Waals surface area contributed by atoms with Crippen molar-refractivity contribution in [3.05, 3.63) is 81.9 Å². The molecule has 0 aliphatic heterocycles.